The molecule has 0 aliphatic rings. The zero-order chi connectivity index (χ0) is 24.3. The number of ether oxygens (including phenoxy) is 1. The van der Waals surface area contributed by atoms with Crippen molar-refractivity contribution in [3.05, 3.63) is 104 Å². The Labute approximate surface area is 229 Å². The third-order valence-electron chi connectivity index (χ3n) is 6.58. The van der Waals surface area contributed by atoms with Crippen LogP contribution in [0.15, 0.2) is 91.8 Å². The maximum atomic E-state index is 6.19. The molecular formula is C29H15N7OPt. The van der Waals surface area contributed by atoms with E-state index in [-0.39, 0.29) is 21.1 Å². The number of rotatable bonds is 3. The first-order valence-corrected chi connectivity index (χ1v) is 11.7. The zero-order valence-corrected chi connectivity index (χ0v) is 21.8. The second-order valence-electron chi connectivity index (χ2n) is 8.62. The third kappa shape index (κ3) is 3.31. The molecule has 0 unspecified atom stereocenters. The van der Waals surface area contributed by atoms with Crippen LogP contribution in [0.3, 0.4) is 0 Å². The van der Waals surface area contributed by atoms with E-state index in [0.29, 0.717) is 17.3 Å². The fourth-order valence-corrected chi connectivity index (χ4v) is 4.98. The number of benzene rings is 2. The van der Waals surface area contributed by atoms with Gasteiger partial charge >= 0.3 is 21.1 Å². The molecule has 8 rings (SSSR count). The summed E-state index contributed by atoms with van der Waals surface area (Å²) in [4.78, 5) is 13.4. The molecule has 8 nitrogen and oxygen atoms in total. The molecule has 0 aliphatic heterocycles. The van der Waals surface area contributed by atoms with Crippen LogP contribution in [0, 0.1) is 12.1 Å². The van der Waals surface area contributed by atoms with E-state index >= 15 is 0 Å². The maximum absolute atomic E-state index is 6.19. The molecule has 0 saturated heterocycles. The van der Waals surface area contributed by atoms with E-state index in [1.807, 2.05) is 63.7 Å². The maximum Gasteiger partial charge on any atom is 2.00 e. The van der Waals surface area contributed by atoms with E-state index in [2.05, 4.69) is 49.4 Å². The first-order valence-electron chi connectivity index (χ1n) is 11.7. The minimum atomic E-state index is 0. The average molecular weight is 673 g/mol. The first kappa shape index (κ1) is 22.5. The van der Waals surface area contributed by atoms with E-state index in [4.69, 9.17) is 4.74 Å². The summed E-state index contributed by atoms with van der Waals surface area (Å²) in [5.41, 5.74) is 3.48. The van der Waals surface area contributed by atoms with Crippen molar-refractivity contribution >= 4 is 49.1 Å². The molecule has 0 saturated carbocycles. The average Bonchev–Trinajstić information content (AvgIpc) is 3.57. The van der Waals surface area contributed by atoms with Gasteiger partial charge < -0.3 is 13.7 Å². The molecule has 0 radical (unpaired) electrons. The van der Waals surface area contributed by atoms with Crippen LogP contribution < -0.4 is 4.74 Å². The molecule has 0 fully saturated rings. The Morgan fingerprint density at radius 1 is 0.737 bits per heavy atom. The summed E-state index contributed by atoms with van der Waals surface area (Å²) in [5, 5.41) is 13.4. The fraction of sp³-hybridized carbons (Fsp3) is 0. The number of nitrogens with zero attached hydrogens (tertiary/aromatic N) is 7. The van der Waals surface area contributed by atoms with Crippen LogP contribution in [-0.2, 0) is 21.1 Å². The van der Waals surface area contributed by atoms with Crippen molar-refractivity contribution in [3.8, 4) is 17.4 Å². The van der Waals surface area contributed by atoms with Crippen molar-refractivity contribution in [2.45, 2.75) is 0 Å². The van der Waals surface area contributed by atoms with Crippen LogP contribution in [-0.4, -0.2) is 34.1 Å². The topological polar surface area (TPSA) is 83.0 Å². The number of hydrogen-bond acceptors (Lipinski definition) is 6. The summed E-state index contributed by atoms with van der Waals surface area (Å²) in [7, 11) is 0. The van der Waals surface area contributed by atoms with Crippen LogP contribution in [0.5, 0.6) is 11.6 Å². The number of para-hydroxylation sites is 1. The Balaban J connectivity index is 0.00000242. The van der Waals surface area contributed by atoms with Gasteiger partial charge in [-0.15, -0.1) is 22.1 Å². The SMILES string of the molecule is [Pt+2].[c-]1c(Oc2[c-]c3c(cn2)c2ccncc2n3-c2ccccn2)ccc2c1c1nncn1c1ccccc21. The predicted molar refractivity (Wildman–Crippen MR) is 140 cm³/mol. The zero-order valence-electron chi connectivity index (χ0n) is 19.5. The van der Waals surface area contributed by atoms with Crippen molar-refractivity contribution in [2.75, 3.05) is 0 Å². The summed E-state index contributed by atoms with van der Waals surface area (Å²) in [5.74, 6) is 1.61. The van der Waals surface area contributed by atoms with Gasteiger partial charge in [-0.2, -0.15) is 11.2 Å². The van der Waals surface area contributed by atoms with Crippen molar-refractivity contribution < 1.29 is 25.8 Å². The van der Waals surface area contributed by atoms with Crippen LogP contribution in [0.2, 0.25) is 0 Å². The molecule has 6 heterocycles. The molecule has 8 aromatic rings. The van der Waals surface area contributed by atoms with Gasteiger partial charge in [-0.3, -0.25) is 9.97 Å². The second kappa shape index (κ2) is 8.71. The van der Waals surface area contributed by atoms with E-state index in [9.17, 15) is 0 Å². The van der Waals surface area contributed by atoms with Gasteiger partial charge in [0.15, 0.2) is 0 Å². The van der Waals surface area contributed by atoms with Crippen molar-refractivity contribution in [2.24, 2.45) is 0 Å². The molecule has 0 aliphatic carbocycles. The first-order chi connectivity index (χ1) is 18.3. The number of pyridine rings is 4. The van der Waals surface area contributed by atoms with Crippen molar-refractivity contribution in [3.63, 3.8) is 0 Å². The number of hydrogen-bond donors (Lipinski definition) is 0. The minimum absolute atomic E-state index is 0. The van der Waals surface area contributed by atoms with Gasteiger partial charge in [-0.1, -0.05) is 58.6 Å². The number of fused-ring (bicyclic) bond motifs is 9. The monoisotopic (exact) mass is 672 g/mol. The summed E-state index contributed by atoms with van der Waals surface area (Å²) in [6.07, 6.45) is 8.87. The molecule has 0 bridgehead atoms. The van der Waals surface area contributed by atoms with Gasteiger partial charge in [0.25, 0.3) is 0 Å². The molecular weight excluding hydrogens is 657 g/mol. The van der Waals surface area contributed by atoms with Gasteiger partial charge in [-0.25, -0.2) is 4.98 Å². The molecule has 38 heavy (non-hydrogen) atoms. The fourth-order valence-electron chi connectivity index (χ4n) is 4.98. The van der Waals surface area contributed by atoms with Crippen molar-refractivity contribution in [1.82, 2.24) is 34.1 Å². The van der Waals surface area contributed by atoms with Crippen LogP contribution >= 0.6 is 0 Å². The Morgan fingerprint density at radius 3 is 2.55 bits per heavy atom. The van der Waals surface area contributed by atoms with E-state index in [1.165, 1.54) is 0 Å². The van der Waals surface area contributed by atoms with Crippen LogP contribution in [0.25, 0.3) is 54.9 Å². The van der Waals surface area contributed by atoms with E-state index < -0.39 is 0 Å². The van der Waals surface area contributed by atoms with Gasteiger partial charge in [0, 0.05) is 29.9 Å². The summed E-state index contributed by atoms with van der Waals surface area (Å²) in [6, 6.07) is 26.6. The standard InChI is InChI=1S/C29H15N7O.Pt/c1-2-6-24-20(5-1)19-9-8-18(13-22(19)29-34-33-17-35(24)29)37-28-14-25-23(15-32-28)21-10-12-30-16-26(21)36(25)27-7-3-4-11-31-27;/h1-12,15-17H;/q-2;+2. The smallest absolute Gasteiger partial charge is 0.478 e. The Bertz CT molecular complexity index is 2140. The van der Waals surface area contributed by atoms with Crippen LogP contribution in [0.4, 0.5) is 0 Å². The Kier molecular flexibility index (Phi) is 5.16. The van der Waals surface area contributed by atoms with Gasteiger partial charge in [0.2, 0.25) is 0 Å². The quantitative estimate of drug-likeness (QED) is 0.177. The Hall–Kier alpha value is -4.68. The van der Waals surface area contributed by atoms with Crippen LogP contribution in [0.1, 0.15) is 0 Å². The molecule has 9 heteroatoms. The molecule has 6 aromatic heterocycles. The van der Waals surface area contributed by atoms with E-state index in [0.717, 1.165) is 49.3 Å². The van der Waals surface area contributed by atoms with Gasteiger partial charge in [-0.05, 0) is 29.8 Å². The van der Waals surface area contributed by atoms with Gasteiger partial charge in [0.1, 0.15) is 18.0 Å². The van der Waals surface area contributed by atoms with E-state index in [1.54, 1.807) is 24.9 Å². The third-order valence-corrected chi connectivity index (χ3v) is 6.58. The Morgan fingerprint density at radius 2 is 1.63 bits per heavy atom. The predicted octanol–water partition coefficient (Wildman–Crippen LogP) is 5.71. The minimum Gasteiger partial charge on any atom is -0.478 e. The summed E-state index contributed by atoms with van der Waals surface area (Å²) in [6.45, 7) is 0. The molecule has 182 valence electrons. The normalized spacial score (nSPS) is 11.5. The molecule has 0 spiro atoms. The number of aromatic nitrogens is 7. The van der Waals surface area contributed by atoms with Crippen molar-refractivity contribution in [1.29, 1.82) is 0 Å². The second-order valence-corrected chi connectivity index (χ2v) is 8.62. The van der Waals surface area contributed by atoms with Gasteiger partial charge in [0.05, 0.1) is 11.2 Å². The molecule has 0 atom stereocenters. The summed E-state index contributed by atoms with van der Waals surface area (Å²) < 4.78 is 10.2. The molecule has 0 amide bonds. The summed E-state index contributed by atoms with van der Waals surface area (Å²) >= 11 is 0. The molecule has 0 N–H and O–H groups in total. The molecule has 2 aromatic carbocycles. The largest absolute Gasteiger partial charge is 2.00 e.